The molecule has 0 aromatic carbocycles. The van der Waals surface area contributed by atoms with Gasteiger partial charge in [-0.1, -0.05) is 6.42 Å². The molecule has 0 amide bonds. The van der Waals surface area contributed by atoms with Crippen LogP contribution in [0, 0.1) is 0 Å². The fraction of sp³-hybridized carbons (Fsp3) is 1.00. The summed E-state index contributed by atoms with van der Waals surface area (Å²) in [6.07, 6.45) is 4.03. The van der Waals surface area contributed by atoms with Crippen molar-refractivity contribution in [3.8, 4) is 0 Å². The second kappa shape index (κ2) is 8.14. The van der Waals surface area contributed by atoms with Crippen LogP contribution in [0.2, 0.25) is 0 Å². The molecule has 1 heterocycles. The molecule has 0 aromatic rings. The summed E-state index contributed by atoms with van der Waals surface area (Å²) >= 11 is 0. The van der Waals surface area contributed by atoms with E-state index in [0.717, 1.165) is 13.1 Å². The minimum absolute atomic E-state index is 0. The number of nitrogens with one attached hydrogen (secondary N) is 2. The third-order valence-corrected chi connectivity index (χ3v) is 1.23. The largest absolute Gasteiger partial charge is 0.269 e. The highest BCUT2D eigenvalue weighted by molar-refractivity contribution is 5.85. The highest BCUT2D eigenvalue weighted by Crippen LogP contribution is 1.93. The van der Waals surface area contributed by atoms with Crippen LogP contribution in [0.5, 0.6) is 0 Å². The number of rotatable bonds is 0. The van der Waals surface area contributed by atoms with E-state index in [9.17, 15) is 0 Å². The first-order valence-corrected chi connectivity index (χ1v) is 2.96. The monoisotopic (exact) mass is 156 g/mol. The first kappa shape index (κ1) is 11.9. The van der Waals surface area contributed by atoms with Crippen molar-refractivity contribution in [1.82, 2.24) is 10.9 Å². The van der Waals surface area contributed by atoms with E-state index in [2.05, 4.69) is 10.9 Å². The van der Waals surface area contributed by atoms with E-state index in [1.165, 1.54) is 19.3 Å². The molecule has 1 saturated heterocycles. The number of hydrogen-bond acceptors (Lipinski definition) is 2. The van der Waals surface area contributed by atoms with Crippen molar-refractivity contribution >= 4 is 12.4 Å². The molecule has 0 bridgehead atoms. The van der Waals surface area contributed by atoms with E-state index < -0.39 is 0 Å². The second-order valence-corrected chi connectivity index (χ2v) is 1.91. The Kier molecular flexibility index (Phi) is 10.7. The molecule has 2 nitrogen and oxygen atoms in total. The van der Waals surface area contributed by atoms with E-state index in [1.807, 2.05) is 0 Å². The third kappa shape index (κ3) is 6.02. The maximum absolute atomic E-state index is 3.10. The van der Waals surface area contributed by atoms with E-state index in [1.54, 1.807) is 0 Å². The smallest absolute Gasteiger partial charge is 0.00997 e. The average Bonchev–Trinajstić information content (AvgIpc) is 1.90. The standard InChI is InChI=1S/C5H12N2.ClH.FH/c1-2-4-6-7-5-3-1;;/h6-7H,1-5H2;2*1H. The molecule has 0 aromatic heterocycles. The zero-order valence-electron chi connectivity index (χ0n) is 5.35. The van der Waals surface area contributed by atoms with Crippen molar-refractivity contribution in [3.63, 3.8) is 0 Å². The highest BCUT2D eigenvalue weighted by Gasteiger charge is 1.92. The van der Waals surface area contributed by atoms with E-state index in [-0.39, 0.29) is 17.1 Å². The molecule has 9 heavy (non-hydrogen) atoms. The minimum Gasteiger partial charge on any atom is -0.269 e. The molecule has 0 atom stereocenters. The van der Waals surface area contributed by atoms with Crippen molar-refractivity contribution in [3.05, 3.63) is 0 Å². The molecular formula is C5H14ClFN2. The third-order valence-electron chi connectivity index (χ3n) is 1.23. The van der Waals surface area contributed by atoms with Crippen LogP contribution in [0.1, 0.15) is 19.3 Å². The van der Waals surface area contributed by atoms with E-state index in [4.69, 9.17) is 0 Å². The zero-order chi connectivity index (χ0) is 4.95. The first-order chi connectivity index (χ1) is 3.50. The second-order valence-electron chi connectivity index (χ2n) is 1.91. The fourth-order valence-electron chi connectivity index (χ4n) is 0.780. The van der Waals surface area contributed by atoms with Gasteiger partial charge in [0.1, 0.15) is 0 Å². The molecular weight excluding hydrogens is 143 g/mol. The summed E-state index contributed by atoms with van der Waals surface area (Å²) < 4.78 is 0. The van der Waals surface area contributed by atoms with Crippen molar-refractivity contribution in [2.75, 3.05) is 13.1 Å². The average molecular weight is 157 g/mol. The number of hydrogen-bond donors (Lipinski definition) is 2. The molecule has 0 unspecified atom stereocenters. The zero-order valence-corrected chi connectivity index (χ0v) is 6.17. The van der Waals surface area contributed by atoms with Gasteiger partial charge in [0.05, 0.1) is 0 Å². The van der Waals surface area contributed by atoms with Crippen LogP contribution in [0.4, 0.5) is 4.70 Å². The normalized spacial score (nSPS) is 18.7. The van der Waals surface area contributed by atoms with Gasteiger partial charge in [-0.25, -0.2) is 0 Å². The maximum Gasteiger partial charge on any atom is 0.00997 e. The van der Waals surface area contributed by atoms with Gasteiger partial charge < -0.3 is 0 Å². The Hall–Kier alpha value is 0.140. The molecule has 1 fully saturated rings. The van der Waals surface area contributed by atoms with Crippen LogP contribution >= 0.6 is 12.4 Å². The lowest BCUT2D eigenvalue weighted by Gasteiger charge is -1.95. The van der Waals surface area contributed by atoms with Crippen LogP contribution in [0.15, 0.2) is 0 Å². The topological polar surface area (TPSA) is 24.1 Å². The Balaban J connectivity index is 0. The molecule has 0 spiro atoms. The van der Waals surface area contributed by atoms with Crippen molar-refractivity contribution in [1.29, 1.82) is 0 Å². The number of hydrazine groups is 1. The SMILES string of the molecule is C1CCNNCC1.Cl.F. The van der Waals surface area contributed by atoms with E-state index in [0.29, 0.717) is 0 Å². The number of halogens is 2. The molecule has 1 aliphatic heterocycles. The van der Waals surface area contributed by atoms with Gasteiger partial charge in [-0.05, 0) is 12.8 Å². The molecule has 2 N–H and O–H groups in total. The molecule has 1 aliphatic rings. The van der Waals surface area contributed by atoms with Crippen molar-refractivity contribution in [2.45, 2.75) is 19.3 Å². The minimum atomic E-state index is 0. The van der Waals surface area contributed by atoms with Crippen LogP contribution in [0.3, 0.4) is 0 Å². The lowest BCUT2D eigenvalue weighted by molar-refractivity contribution is 0.573. The summed E-state index contributed by atoms with van der Waals surface area (Å²) in [4.78, 5) is 0. The summed E-state index contributed by atoms with van der Waals surface area (Å²) in [7, 11) is 0. The summed E-state index contributed by atoms with van der Waals surface area (Å²) in [6.45, 7) is 2.28. The molecule has 58 valence electrons. The predicted octanol–water partition coefficient (Wildman–Crippen LogP) is 0.839. The summed E-state index contributed by atoms with van der Waals surface area (Å²) in [6, 6.07) is 0. The Morgan fingerprint density at radius 3 is 1.67 bits per heavy atom. The van der Waals surface area contributed by atoms with Crippen LogP contribution in [-0.4, -0.2) is 13.1 Å². The highest BCUT2D eigenvalue weighted by atomic mass is 35.5. The Labute approximate surface area is 61.1 Å². The summed E-state index contributed by atoms with van der Waals surface area (Å²) in [5.74, 6) is 0. The quantitative estimate of drug-likeness (QED) is 0.543. The van der Waals surface area contributed by atoms with Gasteiger partial charge >= 0.3 is 0 Å². The van der Waals surface area contributed by atoms with Crippen molar-refractivity contribution < 1.29 is 4.70 Å². The van der Waals surface area contributed by atoms with E-state index >= 15 is 0 Å². The Bertz CT molecular complexity index is 34.6. The molecule has 0 aliphatic carbocycles. The maximum atomic E-state index is 3.10. The summed E-state index contributed by atoms with van der Waals surface area (Å²) in [5.41, 5.74) is 6.19. The molecule has 4 heteroatoms. The summed E-state index contributed by atoms with van der Waals surface area (Å²) in [5, 5.41) is 0. The van der Waals surface area contributed by atoms with Crippen LogP contribution in [0.25, 0.3) is 0 Å². The van der Waals surface area contributed by atoms with Gasteiger partial charge in [-0.3, -0.25) is 15.6 Å². The molecule has 0 saturated carbocycles. The lowest BCUT2D eigenvalue weighted by atomic mass is 10.2. The molecule has 1 rings (SSSR count). The van der Waals surface area contributed by atoms with Crippen LogP contribution < -0.4 is 10.9 Å². The van der Waals surface area contributed by atoms with Gasteiger partial charge in [-0.15, -0.1) is 12.4 Å². The van der Waals surface area contributed by atoms with Gasteiger partial charge in [-0.2, -0.15) is 0 Å². The van der Waals surface area contributed by atoms with Crippen LogP contribution in [-0.2, 0) is 0 Å². The Morgan fingerprint density at radius 1 is 0.778 bits per heavy atom. The fourth-order valence-corrected chi connectivity index (χ4v) is 0.780. The first-order valence-electron chi connectivity index (χ1n) is 2.96. The van der Waals surface area contributed by atoms with Gasteiger partial charge in [0.25, 0.3) is 0 Å². The van der Waals surface area contributed by atoms with Crippen molar-refractivity contribution in [2.24, 2.45) is 0 Å². The lowest BCUT2D eigenvalue weighted by Crippen LogP contribution is -2.30. The van der Waals surface area contributed by atoms with Gasteiger partial charge in [0.2, 0.25) is 0 Å². The predicted molar refractivity (Wildman–Crippen MR) is 39.6 cm³/mol. The Morgan fingerprint density at radius 2 is 1.22 bits per heavy atom. The van der Waals surface area contributed by atoms with Gasteiger partial charge in [0.15, 0.2) is 0 Å². The van der Waals surface area contributed by atoms with Gasteiger partial charge in [0, 0.05) is 13.1 Å². The molecule has 0 radical (unpaired) electrons.